The van der Waals surface area contributed by atoms with Gasteiger partial charge in [0.05, 0.1) is 6.17 Å². The maximum atomic E-state index is 5.73. The molecule has 1 aliphatic rings. The van der Waals surface area contributed by atoms with Crippen LogP contribution in [-0.2, 0) is 0 Å². The Labute approximate surface area is 56.8 Å². The van der Waals surface area contributed by atoms with E-state index in [2.05, 4.69) is 12.2 Å². The van der Waals surface area contributed by atoms with Gasteiger partial charge in [-0.2, -0.15) is 0 Å². The molecule has 54 valence electrons. The third kappa shape index (κ3) is 1.43. The standard InChI is InChI=1S/C7H16N2/c1-3-5-4-6(5)7(8)9-2/h5-7,9H,3-4,8H2,1-2H3. The van der Waals surface area contributed by atoms with E-state index in [1.54, 1.807) is 0 Å². The van der Waals surface area contributed by atoms with E-state index in [9.17, 15) is 0 Å². The maximum absolute atomic E-state index is 5.73. The molecule has 1 saturated carbocycles. The minimum atomic E-state index is 0.245. The van der Waals surface area contributed by atoms with Gasteiger partial charge in [-0.3, -0.25) is 0 Å². The third-order valence-corrected chi connectivity index (χ3v) is 2.30. The van der Waals surface area contributed by atoms with Crippen LogP contribution in [0, 0.1) is 11.8 Å². The van der Waals surface area contributed by atoms with Crippen LogP contribution in [0.15, 0.2) is 0 Å². The molecule has 0 aromatic carbocycles. The van der Waals surface area contributed by atoms with Crippen LogP contribution in [0.25, 0.3) is 0 Å². The summed E-state index contributed by atoms with van der Waals surface area (Å²) in [7, 11) is 1.93. The summed E-state index contributed by atoms with van der Waals surface area (Å²) in [5.41, 5.74) is 5.73. The van der Waals surface area contributed by atoms with Gasteiger partial charge in [-0.25, -0.2) is 0 Å². The monoisotopic (exact) mass is 128 g/mol. The Kier molecular flexibility index (Phi) is 2.09. The van der Waals surface area contributed by atoms with Crippen LogP contribution in [0.2, 0.25) is 0 Å². The molecule has 0 heterocycles. The van der Waals surface area contributed by atoms with Crippen molar-refractivity contribution in [1.82, 2.24) is 5.32 Å². The number of nitrogens with two attached hydrogens (primary N) is 1. The van der Waals surface area contributed by atoms with E-state index in [0.717, 1.165) is 11.8 Å². The van der Waals surface area contributed by atoms with Crippen molar-refractivity contribution < 1.29 is 0 Å². The predicted octanol–water partition coefficient (Wildman–Crippen LogP) is 0.537. The molecule has 1 fully saturated rings. The van der Waals surface area contributed by atoms with E-state index in [0.29, 0.717) is 0 Å². The largest absolute Gasteiger partial charge is 0.316 e. The van der Waals surface area contributed by atoms with Crippen molar-refractivity contribution in [2.75, 3.05) is 7.05 Å². The fourth-order valence-electron chi connectivity index (χ4n) is 1.39. The summed E-state index contributed by atoms with van der Waals surface area (Å²) >= 11 is 0. The summed E-state index contributed by atoms with van der Waals surface area (Å²) < 4.78 is 0. The third-order valence-electron chi connectivity index (χ3n) is 2.30. The van der Waals surface area contributed by atoms with Gasteiger partial charge >= 0.3 is 0 Å². The quantitative estimate of drug-likeness (QED) is 0.544. The van der Waals surface area contributed by atoms with Gasteiger partial charge in [0.1, 0.15) is 0 Å². The van der Waals surface area contributed by atoms with Crippen molar-refractivity contribution in [3.63, 3.8) is 0 Å². The molecular formula is C7H16N2. The molecule has 0 aromatic rings. The van der Waals surface area contributed by atoms with Crippen LogP contribution < -0.4 is 11.1 Å². The molecule has 0 aromatic heterocycles. The van der Waals surface area contributed by atoms with E-state index in [4.69, 9.17) is 5.73 Å². The molecule has 0 bridgehead atoms. The zero-order valence-corrected chi connectivity index (χ0v) is 6.22. The fraction of sp³-hybridized carbons (Fsp3) is 1.00. The highest BCUT2D eigenvalue weighted by atomic mass is 15.0. The SMILES string of the molecule is CCC1CC1C(N)NC. The lowest BCUT2D eigenvalue weighted by Gasteiger charge is -2.07. The Morgan fingerprint density at radius 2 is 2.44 bits per heavy atom. The molecule has 2 heteroatoms. The average Bonchev–Trinajstić information content (AvgIpc) is 2.64. The first kappa shape index (κ1) is 7.03. The van der Waals surface area contributed by atoms with Gasteiger partial charge in [-0.05, 0) is 25.3 Å². The highest BCUT2D eigenvalue weighted by Crippen LogP contribution is 2.41. The highest BCUT2D eigenvalue weighted by Gasteiger charge is 2.39. The summed E-state index contributed by atoms with van der Waals surface area (Å²) in [6.07, 6.45) is 2.87. The Bertz CT molecular complexity index is 92.9. The summed E-state index contributed by atoms with van der Waals surface area (Å²) in [5, 5.41) is 3.07. The maximum Gasteiger partial charge on any atom is 0.0575 e. The van der Waals surface area contributed by atoms with Gasteiger partial charge < -0.3 is 11.1 Å². The van der Waals surface area contributed by atoms with Crippen molar-refractivity contribution in [3.8, 4) is 0 Å². The number of rotatable bonds is 3. The lowest BCUT2D eigenvalue weighted by Crippen LogP contribution is -2.36. The van der Waals surface area contributed by atoms with Crippen molar-refractivity contribution in [1.29, 1.82) is 0 Å². The van der Waals surface area contributed by atoms with Crippen LogP contribution in [0.5, 0.6) is 0 Å². The molecule has 1 rings (SSSR count). The fourth-order valence-corrected chi connectivity index (χ4v) is 1.39. The van der Waals surface area contributed by atoms with Gasteiger partial charge in [0, 0.05) is 0 Å². The van der Waals surface area contributed by atoms with Crippen molar-refractivity contribution >= 4 is 0 Å². The van der Waals surface area contributed by atoms with Crippen LogP contribution in [-0.4, -0.2) is 13.2 Å². The van der Waals surface area contributed by atoms with Gasteiger partial charge in [-0.15, -0.1) is 0 Å². The first-order valence-electron chi connectivity index (χ1n) is 3.72. The van der Waals surface area contributed by atoms with E-state index in [1.165, 1.54) is 12.8 Å². The summed E-state index contributed by atoms with van der Waals surface area (Å²) in [4.78, 5) is 0. The van der Waals surface area contributed by atoms with Crippen LogP contribution in [0.1, 0.15) is 19.8 Å². The van der Waals surface area contributed by atoms with E-state index >= 15 is 0 Å². The molecule has 3 atom stereocenters. The second kappa shape index (κ2) is 2.67. The predicted molar refractivity (Wildman–Crippen MR) is 38.9 cm³/mol. The number of nitrogens with one attached hydrogen (secondary N) is 1. The summed E-state index contributed by atoms with van der Waals surface area (Å²) in [5.74, 6) is 1.67. The van der Waals surface area contributed by atoms with E-state index in [1.807, 2.05) is 7.05 Å². The molecule has 0 radical (unpaired) electrons. The zero-order valence-electron chi connectivity index (χ0n) is 6.22. The minimum Gasteiger partial charge on any atom is -0.316 e. The molecule has 0 aliphatic heterocycles. The smallest absolute Gasteiger partial charge is 0.0575 e. The second-order valence-electron chi connectivity index (χ2n) is 2.88. The van der Waals surface area contributed by atoms with E-state index < -0.39 is 0 Å². The summed E-state index contributed by atoms with van der Waals surface area (Å²) in [6.45, 7) is 2.23. The van der Waals surface area contributed by atoms with Gasteiger partial charge in [0.2, 0.25) is 0 Å². The first-order valence-corrected chi connectivity index (χ1v) is 3.72. The Balaban J connectivity index is 2.17. The Morgan fingerprint density at radius 3 is 2.78 bits per heavy atom. The van der Waals surface area contributed by atoms with Crippen molar-refractivity contribution in [2.24, 2.45) is 17.6 Å². The Hall–Kier alpha value is -0.0800. The number of hydrogen-bond donors (Lipinski definition) is 2. The van der Waals surface area contributed by atoms with Crippen LogP contribution >= 0.6 is 0 Å². The molecule has 0 spiro atoms. The second-order valence-corrected chi connectivity index (χ2v) is 2.88. The lowest BCUT2D eigenvalue weighted by molar-refractivity contribution is 0.486. The minimum absolute atomic E-state index is 0.245. The highest BCUT2D eigenvalue weighted by molar-refractivity contribution is 4.90. The zero-order chi connectivity index (χ0) is 6.85. The molecule has 3 unspecified atom stereocenters. The molecule has 0 saturated heterocycles. The van der Waals surface area contributed by atoms with E-state index in [-0.39, 0.29) is 6.17 Å². The molecule has 1 aliphatic carbocycles. The first-order chi connectivity index (χ1) is 4.29. The number of hydrogen-bond acceptors (Lipinski definition) is 2. The van der Waals surface area contributed by atoms with Gasteiger partial charge in [-0.1, -0.05) is 13.3 Å². The summed E-state index contributed by atoms with van der Waals surface area (Å²) in [6, 6.07) is 0. The average molecular weight is 128 g/mol. The molecule has 9 heavy (non-hydrogen) atoms. The normalized spacial score (nSPS) is 36.3. The topological polar surface area (TPSA) is 38.0 Å². The van der Waals surface area contributed by atoms with Gasteiger partial charge in [0.15, 0.2) is 0 Å². The van der Waals surface area contributed by atoms with Gasteiger partial charge in [0.25, 0.3) is 0 Å². The molecule has 0 amide bonds. The Morgan fingerprint density at radius 1 is 1.78 bits per heavy atom. The molecule has 2 nitrogen and oxygen atoms in total. The molecular weight excluding hydrogens is 112 g/mol. The van der Waals surface area contributed by atoms with Crippen molar-refractivity contribution in [3.05, 3.63) is 0 Å². The molecule has 3 N–H and O–H groups in total. The lowest BCUT2D eigenvalue weighted by atomic mass is 10.2. The van der Waals surface area contributed by atoms with Crippen molar-refractivity contribution in [2.45, 2.75) is 25.9 Å². The van der Waals surface area contributed by atoms with Crippen LogP contribution in [0.4, 0.5) is 0 Å². The van der Waals surface area contributed by atoms with Crippen LogP contribution in [0.3, 0.4) is 0 Å².